The summed E-state index contributed by atoms with van der Waals surface area (Å²) in [6, 6.07) is 15.1. The van der Waals surface area contributed by atoms with Crippen LogP contribution < -0.4 is 15.2 Å². The Balaban J connectivity index is 2.04. The Morgan fingerprint density at radius 2 is 1.81 bits per heavy atom. The number of amides is 1. The van der Waals surface area contributed by atoms with Crippen LogP contribution in [-0.4, -0.2) is 19.1 Å². The van der Waals surface area contributed by atoms with E-state index in [1.165, 1.54) is 6.08 Å². The number of carbonyl (C=O) groups excluding carboxylic acids is 1. The Labute approximate surface area is 160 Å². The van der Waals surface area contributed by atoms with Gasteiger partial charge < -0.3 is 15.2 Å². The van der Waals surface area contributed by atoms with Crippen LogP contribution in [0.5, 0.6) is 11.5 Å². The van der Waals surface area contributed by atoms with Crippen LogP contribution in [0.15, 0.2) is 48.0 Å². The number of nitriles is 1. The molecule has 0 saturated heterocycles. The standard InChI is InChI=1S/C22H24N2O3/c1-15(2)19-9-8-16(3)12-21(19)27-11-10-26-20-7-5-4-6-17(20)13-18(14-23)22(24)25/h4-9,12-13,15H,10-11H2,1-3H3,(H2,24,25)/b18-13+. The fraction of sp³-hybridized carbons (Fsp3) is 0.273. The molecule has 0 aromatic heterocycles. The summed E-state index contributed by atoms with van der Waals surface area (Å²) in [6.07, 6.45) is 1.43. The molecule has 5 heteroatoms. The Morgan fingerprint density at radius 1 is 1.15 bits per heavy atom. The summed E-state index contributed by atoms with van der Waals surface area (Å²) in [7, 11) is 0. The van der Waals surface area contributed by atoms with E-state index in [-0.39, 0.29) is 5.57 Å². The molecule has 5 nitrogen and oxygen atoms in total. The number of nitrogens with zero attached hydrogens (tertiary/aromatic N) is 1. The second kappa shape index (κ2) is 9.44. The van der Waals surface area contributed by atoms with E-state index < -0.39 is 5.91 Å². The normalized spacial score (nSPS) is 11.1. The third-order valence-electron chi connectivity index (χ3n) is 3.99. The molecular formula is C22H24N2O3. The van der Waals surface area contributed by atoms with Crippen LogP contribution >= 0.6 is 0 Å². The minimum Gasteiger partial charge on any atom is -0.490 e. The van der Waals surface area contributed by atoms with E-state index in [9.17, 15) is 4.79 Å². The SMILES string of the molecule is Cc1ccc(C(C)C)c(OCCOc2ccccc2/C=C(\C#N)C(N)=O)c1. The molecule has 2 N–H and O–H groups in total. The smallest absolute Gasteiger partial charge is 0.259 e. The first-order valence-electron chi connectivity index (χ1n) is 8.79. The number of para-hydroxylation sites is 1. The highest BCUT2D eigenvalue weighted by Gasteiger charge is 2.09. The lowest BCUT2D eigenvalue weighted by molar-refractivity contribution is -0.114. The third kappa shape index (κ3) is 5.61. The van der Waals surface area contributed by atoms with E-state index >= 15 is 0 Å². The van der Waals surface area contributed by atoms with Gasteiger partial charge in [-0.05, 0) is 42.2 Å². The lowest BCUT2D eigenvalue weighted by Crippen LogP contribution is -2.13. The summed E-state index contributed by atoms with van der Waals surface area (Å²) >= 11 is 0. The van der Waals surface area contributed by atoms with Gasteiger partial charge in [0.25, 0.3) is 5.91 Å². The number of carbonyl (C=O) groups is 1. The molecule has 0 unspecified atom stereocenters. The van der Waals surface area contributed by atoms with E-state index in [0.29, 0.717) is 30.4 Å². The summed E-state index contributed by atoms with van der Waals surface area (Å²) in [4.78, 5) is 11.2. The molecule has 0 aliphatic rings. The summed E-state index contributed by atoms with van der Waals surface area (Å²) in [5.74, 6) is 1.02. The van der Waals surface area contributed by atoms with E-state index in [0.717, 1.165) is 16.9 Å². The zero-order chi connectivity index (χ0) is 19.8. The fourth-order valence-electron chi connectivity index (χ4n) is 2.59. The lowest BCUT2D eigenvalue weighted by Gasteiger charge is -2.15. The number of hydrogen-bond donors (Lipinski definition) is 1. The number of primary amides is 1. The van der Waals surface area contributed by atoms with Crippen LogP contribution in [0.3, 0.4) is 0 Å². The van der Waals surface area contributed by atoms with Gasteiger partial charge in [0.1, 0.15) is 36.4 Å². The van der Waals surface area contributed by atoms with Crippen molar-refractivity contribution in [3.63, 3.8) is 0 Å². The van der Waals surface area contributed by atoms with Crippen molar-refractivity contribution < 1.29 is 14.3 Å². The van der Waals surface area contributed by atoms with Crippen molar-refractivity contribution in [3.8, 4) is 17.6 Å². The highest BCUT2D eigenvalue weighted by atomic mass is 16.5. The first-order valence-corrected chi connectivity index (χ1v) is 8.79. The Morgan fingerprint density at radius 3 is 2.44 bits per heavy atom. The van der Waals surface area contributed by atoms with Gasteiger partial charge in [-0.3, -0.25) is 4.79 Å². The van der Waals surface area contributed by atoms with Crippen LogP contribution in [0.25, 0.3) is 6.08 Å². The monoisotopic (exact) mass is 364 g/mol. The van der Waals surface area contributed by atoms with Crippen LogP contribution in [-0.2, 0) is 4.79 Å². The molecular weight excluding hydrogens is 340 g/mol. The summed E-state index contributed by atoms with van der Waals surface area (Å²) in [6.45, 7) is 6.99. The first-order chi connectivity index (χ1) is 12.9. The second-order valence-electron chi connectivity index (χ2n) is 6.46. The van der Waals surface area contributed by atoms with Gasteiger partial charge in [0.05, 0.1) is 0 Å². The van der Waals surface area contributed by atoms with E-state index in [1.807, 2.05) is 19.1 Å². The lowest BCUT2D eigenvalue weighted by atomic mass is 10.0. The number of hydrogen-bond acceptors (Lipinski definition) is 4. The molecule has 0 aliphatic heterocycles. The molecule has 0 bridgehead atoms. The molecule has 2 aromatic carbocycles. The van der Waals surface area contributed by atoms with Crippen molar-refractivity contribution in [2.45, 2.75) is 26.7 Å². The van der Waals surface area contributed by atoms with Crippen molar-refractivity contribution in [2.24, 2.45) is 5.73 Å². The van der Waals surface area contributed by atoms with E-state index in [1.54, 1.807) is 24.3 Å². The van der Waals surface area contributed by atoms with Gasteiger partial charge in [-0.2, -0.15) is 5.26 Å². The van der Waals surface area contributed by atoms with Crippen molar-refractivity contribution >= 4 is 12.0 Å². The average Bonchev–Trinajstić information content (AvgIpc) is 2.63. The highest BCUT2D eigenvalue weighted by molar-refractivity contribution is 6.00. The van der Waals surface area contributed by atoms with Crippen molar-refractivity contribution in [1.29, 1.82) is 5.26 Å². The van der Waals surface area contributed by atoms with Gasteiger partial charge >= 0.3 is 0 Å². The molecule has 0 fully saturated rings. The minimum atomic E-state index is -0.767. The maximum Gasteiger partial charge on any atom is 0.259 e. The molecule has 0 saturated carbocycles. The molecule has 2 rings (SSSR count). The number of ether oxygens (including phenoxy) is 2. The third-order valence-corrected chi connectivity index (χ3v) is 3.99. The molecule has 0 atom stereocenters. The van der Waals surface area contributed by atoms with E-state index in [2.05, 4.69) is 26.0 Å². The van der Waals surface area contributed by atoms with Gasteiger partial charge in [-0.25, -0.2) is 0 Å². The highest BCUT2D eigenvalue weighted by Crippen LogP contribution is 2.27. The number of rotatable bonds is 8. The largest absolute Gasteiger partial charge is 0.490 e. The predicted molar refractivity (Wildman–Crippen MR) is 105 cm³/mol. The van der Waals surface area contributed by atoms with E-state index in [4.69, 9.17) is 20.5 Å². The fourth-order valence-corrected chi connectivity index (χ4v) is 2.59. The van der Waals surface area contributed by atoms with Crippen molar-refractivity contribution in [2.75, 3.05) is 13.2 Å². The molecule has 140 valence electrons. The van der Waals surface area contributed by atoms with Crippen LogP contribution in [0.4, 0.5) is 0 Å². The topological polar surface area (TPSA) is 85.3 Å². The number of nitrogens with two attached hydrogens (primary N) is 1. The van der Waals surface area contributed by atoms with Gasteiger partial charge in [0.2, 0.25) is 0 Å². The molecule has 0 heterocycles. The second-order valence-corrected chi connectivity index (χ2v) is 6.46. The zero-order valence-electron chi connectivity index (χ0n) is 15.9. The summed E-state index contributed by atoms with van der Waals surface area (Å²) in [5, 5.41) is 9.00. The average molecular weight is 364 g/mol. The quantitative estimate of drug-likeness (QED) is 0.436. The number of benzene rings is 2. The van der Waals surface area contributed by atoms with Crippen LogP contribution in [0.1, 0.15) is 36.5 Å². The molecule has 2 aromatic rings. The van der Waals surface area contributed by atoms with Gasteiger partial charge in [-0.15, -0.1) is 0 Å². The maximum absolute atomic E-state index is 11.2. The van der Waals surface area contributed by atoms with Crippen LogP contribution in [0, 0.1) is 18.3 Å². The van der Waals surface area contributed by atoms with Gasteiger partial charge in [0, 0.05) is 5.56 Å². The van der Waals surface area contributed by atoms with Crippen molar-refractivity contribution in [3.05, 3.63) is 64.7 Å². The molecule has 0 aliphatic carbocycles. The molecule has 0 radical (unpaired) electrons. The maximum atomic E-state index is 11.2. The van der Waals surface area contributed by atoms with Gasteiger partial charge in [-0.1, -0.05) is 44.2 Å². The number of aryl methyl sites for hydroxylation is 1. The minimum absolute atomic E-state index is 0.122. The molecule has 27 heavy (non-hydrogen) atoms. The van der Waals surface area contributed by atoms with Gasteiger partial charge in [0.15, 0.2) is 0 Å². The predicted octanol–water partition coefficient (Wildman–Crippen LogP) is 3.97. The zero-order valence-corrected chi connectivity index (χ0v) is 15.9. The summed E-state index contributed by atoms with van der Waals surface area (Å²) < 4.78 is 11.7. The molecule has 1 amide bonds. The Hall–Kier alpha value is -3.26. The first kappa shape index (κ1) is 20.1. The summed E-state index contributed by atoms with van der Waals surface area (Å²) in [5.41, 5.74) is 7.98. The molecule has 0 spiro atoms. The van der Waals surface area contributed by atoms with Crippen molar-refractivity contribution in [1.82, 2.24) is 0 Å². The Bertz CT molecular complexity index is 879. The van der Waals surface area contributed by atoms with Crippen LogP contribution in [0.2, 0.25) is 0 Å². The Kier molecular flexibility index (Phi) is 7.01.